The smallest absolute Gasteiger partial charge is 0.277 e. The number of hydrogen-bond donors (Lipinski definition) is 1. The van der Waals surface area contributed by atoms with Gasteiger partial charge in [0.05, 0.1) is 23.6 Å². The third kappa shape index (κ3) is 6.66. The molecule has 35 heavy (non-hydrogen) atoms. The lowest BCUT2D eigenvalue weighted by molar-refractivity contribution is -0.118. The van der Waals surface area contributed by atoms with Gasteiger partial charge in [0.1, 0.15) is 11.5 Å². The Morgan fingerprint density at radius 2 is 1.89 bits per heavy atom. The maximum absolute atomic E-state index is 12.2. The van der Waals surface area contributed by atoms with Crippen LogP contribution in [0.15, 0.2) is 69.3 Å². The van der Waals surface area contributed by atoms with E-state index in [1.54, 1.807) is 24.4 Å². The fourth-order valence-electron chi connectivity index (χ4n) is 3.11. The Kier molecular flexibility index (Phi) is 8.46. The minimum absolute atomic E-state index is 0.0292. The SMILES string of the molecule is CCOc1ccc(/C=N\NC(=O)CSc2nnc(COc3ccc(Cl)cc3Cl)o2)c2ccccc12. The van der Waals surface area contributed by atoms with Gasteiger partial charge in [-0.3, -0.25) is 4.79 Å². The lowest BCUT2D eigenvalue weighted by atomic mass is 10.0. The number of aromatic nitrogens is 2. The highest BCUT2D eigenvalue weighted by molar-refractivity contribution is 7.99. The normalized spacial score (nSPS) is 11.2. The van der Waals surface area contributed by atoms with E-state index in [4.69, 9.17) is 37.1 Å². The number of amides is 1. The summed E-state index contributed by atoms with van der Waals surface area (Å²) in [6.45, 7) is 2.55. The molecule has 0 atom stereocenters. The van der Waals surface area contributed by atoms with E-state index >= 15 is 0 Å². The van der Waals surface area contributed by atoms with Crippen molar-refractivity contribution < 1.29 is 18.7 Å². The van der Waals surface area contributed by atoms with Gasteiger partial charge < -0.3 is 13.9 Å². The maximum atomic E-state index is 12.2. The Morgan fingerprint density at radius 1 is 1.09 bits per heavy atom. The van der Waals surface area contributed by atoms with Crippen LogP contribution in [-0.2, 0) is 11.4 Å². The molecule has 4 aromatic rings. The number of nitrogens with one attached hydrogen (secondary N) is 1. The second-order valence-corrected chi connectivity index (χ2v) is 8.81. The van der Waals surface area contributed by atoms with Gasteiger partial charge in [0.25, 0.3) is 17.0 Å². The van der Waals surface area contributed by atoms with E-state index < -0.39 is 0 Å². The van der Waals surface area contributed by atoms with E-state index in [1.165, 1.54) is 0 Å². The topological polar surface area (TPSA) is 98.8 Å². The molecular formula is C24H20Cl2N4O4S. The van der Waals surface area contributed by atoms with Crippen molar-refractivity contribution in [1.82, 2.24) is 15.6 Å². The van der Waals surface area contributed by atoms with Gasteiger partial charge in [-0.25, -0.2) is 5.43 Å². The highest BCUT2D eigenvalue weighted by Gasteiger charge is 2.11. The van der Waals surface area contributed by atoms with Gasteiger partial charge in [-0.15, -0.1) is 10.2 Å². The lowest BCUT2D eigenvalue weighted by Crippen LogP contribution is -2.19. The van der Waals surface area contributed by atoms with Crippen LogP contribution in [-0.4, -0.2) is 34.7 Å². The van der Waals surface area contributed by atoms with Crippen molar-refractivity contribution in [2.75, 3.05) is 12.4 Å². The Morgan fingerprint density at radius 3 is 2.69 bits per heavy atom. The summed E-state index contributed by atoms with van der Waals surface area (Å²) in [6.07, 6.45) is 1.60. The summed E-state index contributed by atoms with van der Waals surface area (Å²) in [5.41, 5.74) is 3.37. The van der Waals surface area contributed by atoms with Crippen LogP contribution in [0.25, 0.3) is 10.8 Å². The number of hydrazone groups is 1. The molecule has 0 radical (unpaired) electrons. The molecule has 0 fully saturated rings. The van der Waals surface area contributed by atoms with E-state index in [2.05, 4.69) is 20.7 Å². The van der Waals surface area contributed by atoms with Crippen LogP contribution in [0.5, 0.6) is 11.5 Å². The van der Waals surface area contributed by atoms with Crippen molar-refractivity contribution in [2.24, 2.45) is 5.10 Å². The molecule has 0 aliphatic rings. The number of thioether (sulfide) groups is 1. The molecule has 1 N–H and O–H groups in total. The predicted molar refractivity (Wildman–Crippen MR) is 137 cm³/mol. The summed E-state index contributed by atoms with van der Waals surface area (Å²) in [4.78, 5) is 12.2. The van der Waals surface area contributed by atoms with Crippen LogP contribution in [0.4, 0.5) is 0 Å². The lowest BCUT2D eigenvalue weighted by Gasteiger charge is -2.09. The summed E-state index contributed by atoms with van der Waals surface area (Å²) in [7, 11) is 0. The largest absolute Gasteiger partial charge is 0.493 e. The molecule has 11 heteroatoms. The number of benzene rings is 3. The van der Waals surface area contributed by atoms with E-state index in [-0.39, 0.29) is 29.4 Å². The first-order valence-corrected chi connectivity index (χ1v) is 12.3. The van der Waals surface area contributed by atoms with Crippen LogP contribution < -0.4 is 14.9 Å². The summed E-state index contributed by atoms with van der Waals surface area (Å²) >= 11 is 13.0. The van der Waals surface area contributed by atoms with Gasteiger partial charge in [0, 0.05) is 16.0 Å². The van der Waals surface area contributed by atoms with Crippen LogP contribution >= 0.6 is 35.0 Å². The third-order valence-electron chi connectivity index (χ3n) is 4.63. The first-order chi connectivity index (χ1) is 17.0. The maximum Gasteiger partial charge on any atom is 0.277 e. The molecular weight excluding hydrogens is 511 g/mol. The Labute approximate surface area is 215 Å². The van der Waals surface area contributed by atoms with Gasteiger partial charge in [-0.2, -0.15) is 5.10 Å². The van der Waals surface area contributed by atoms with Gasteiger partial charge >= 0.3 is 0 Å². The molecule has 0 spiro atoms. The average Bonchev–Trinajstić information content (AvgIpc) is 3.31. The second kappa shape index (κ2) is 11.9. The van der Waals surface area contributed by atoms with Gasteiger partial charge in [-0.1, -0.05) is 59.2 Å². The fraction of sp³-hybridized carbons (Fsp3) is 0.167. The van der Waals surface area contributed by atoms with Gasteiger partial charge in [-0.05, 0) is 42.6 Å². The van der Waals surface area contributed by atoms with E-state index in [0.717, 1.165) is 33.8 Å². The molecule has 8 nitrogen and oxygen atoms in total. The molecule has 3 aromatic carbocycles. The molecule has 0 aliphatic heterocycles. The molecule has 0 aliphatic carbocycles. The standard InChI is InChI=1S/C24H20Cl2N4O4S/c1-2-32-20-9-7-15(17-5-3-4-6-18(17)20)12-27-28-22(31)14-35-24-30-29-23(34-24)13-33-21-10-8-16(25)11-19(21)26/h3-12H,2,13-14H2,1H3,(H,28,31)/b27-12-. The Balaban J connectivity index is 1.28. The zero-order chi connectivity index (χ0) is 24.6. The number of carbonyl (C=O) groups excluding carboxylic acids is 1. The Hall–Kier alpha value is -3.27. The van der Waals surface area contributed by atoms with Gasteiger partial charge in [0.2, 0.25) is 0 Å². The zero-order valence-corrected chi connectivity index (χ0v) is 20.9. The molecule has 1 heterocycles. The summed E-state index contributed by atoms with van der Waals surface area (Å²) < 4.78 is 16.7. The average molecular weight is 531 g/mol. The highest BCUT2D eigenvalue weighted by Crippen LogP contribution is 2.29. The monoisotopic (exact) mass is 530 g/mol. The third-order valence-corrected chi connectivity index (χ3v) is 5.98. The molecule has 0 saturated heterocycles. The van der Waals surface area contributed by atoms with Crippen molar-refractivity contribution in [3.05, 3.63) is 76.1 Å². The number of halogens is 2. The molecule has 180 valence electrons. The van der Waals surface area contributed by atoms with Crippen LogP contribution in [0.3, 0.4) is 0 Å². The highest BCUT2D eigenvalue weighted by atomic mass is 35.5. The fourth-order valence-corrected chi connectivity index (χ4v) is 4.14. The van der Waals surface area contributed by atoms with E-state index in [1.807, 2.05) is 43.3 Å². The van der Waals surface area contributed by atoms with Crippen molar-refractivity contribution >= 4 is 57.9 Å². The zero-order valence-electron chi connectivity index (χ0n) is 18.5. The first kappa shape index (κ1) is 24.8. The number of hydrogen-bond acceptors (Lipinski definition) is 8. The number of ether oxygens (including phenoxy) is 2. The Bertz CT molecular complexity index is 1360. The van der Waals surface area contributed by atoms with Crippen LogP contribution in [0.1, 0.15) is 18.4 Å². The number of fused-ring (bicyclic) bond motifs is 1. The van der Waals surface area contributed by atoms with Gasteiger partial charge in [0.15, 0.2) is 6.61 Å². The molecule has 4 rings (SSSR count). The molecule has 1 amide bonds. The van der Waals surface area contributed by atoms with Crippen molar-refractivity contribution in [3.63, 3.8) is 0 Å². The van der Waals surface area contributed by atoms with E-state index in [9.17, 15) is 4.79 Å². The number of nitrogens with zero attached hydrogens (tertiary/aromatic N) is 3. The van der Waals surface area contributed by atoms with Crippen LogP contribution in [0, 0.1) is 0 Å². The summed E-state index contributed by atoms with van der Waals surface area (Å²) in [6, 6.07) is 16.5. The molecule has 0 unspecified atom stereocenters. The molecule has 0 saturated carbocycles. The quantitative estimate of drug-likeness (QED) is 0.158. The second-order valence-electron chi connectivity index (χ2n) is 7.04. The van der Waals surface area contributed by atoms with Crippen molar-refractivity contribution in [2.45, 2.75) is 18.8 Å². The van der Waals surface area contributed by atoms with Crippen LogP contribution in [0.2, 0.25) is 10.0 Å². The van der Waals surface area contributed by atoms with Crippen molar-refractivity contribution in [3.8, 4) is 11.5 Å². The molecule has 1 aromatic heterocycles. The first-order valence-electron chi connectivity index (χ1n) is 10.5. The number of carbonyl (C=O) groups is 1. The summed E-state index contributed by atoms with van der Waals surface area (Å²) in [5.74, 6) is 1.24. The number of rotatable bonds is 10. The molecule has 0 bridgehead atoms. The van der Waals surface area contributed by atoms with E-state index in [0.29, 0.717) is 22.4 Å². The van der Waals surface area contributed by atoms with Crippen molar-refractivity contribution in [1.29, 1.82) is 0 Å². The minimum atomic E-state index is -0.314. The summed E-state index contributed by atoms with van der Waals surface area (Å²) in [5, 5.41) is 15.0. The predicted octanol–water partition coefficient (Wildman–Crippen LogP) is 5.75. The minimum Gasteiger partial charge on any atom is -0.493 e.